The van der Waals surface area contributed by atoms with Gasteiger partial charge in [0.05, 0.1) is 5.69 Å². The number of fused-ring (bicyclic) bond motifs is 1. The Hall–Kier alpha value is -5.21. The number of amides is 1. The van der Waals surface area contributed by atoms with E-state index in [1.807, 2.05) is 11.9 Å². The van der Waals surface area contributed by atoms with E-state index in [2.05, 4.69) is 25.6 Å². The van der Waals surface area contributed by atoms with E-state index in [0.29, 0.717) is 24.0 Å². The first-order valence-corrected chi connectivity index (χ1v) is 13.3. The molecular formula is C29H25F2N7O5. The number of halogens is 2. The van der Waals surface area contributed by atoms with Crippen molar-refractivity contribution in [2.24, 2.45) is 0 Å². The van der Waals surface area contributed by atoms with Gasteiger partial charge in [-0.05, 0) is 55.9 Å². The third-order valence-corrected chi connectivity index (χ3v) is 6.95. The average Bonchev–Trinajstić information content (AvgIpc) is 3.40. The van der Waals surface area contributed by atoms with Crippen molar-refractivity contribution < 1.29 is 28.2 Å². The summed E-state index contributed by atoms with van der Waals surface area (Å²) in [6.07, 6.45) is 2.10. The van der Waals surface area contributed by atoms with Crippen molar-refractivity contribution in [2.45, 2.75) is 18.6 Å². The molecule has 3 aromatic heterocycles. The monoisotopic (exact) mass is 589 g/mol. The molecule has 4 heterocycles. The molecule has 0 bridgehead atoms. The van der Waals surface area contributed by atoms with Gasteiger partial charge in [-0.25, -0.2) is 13.8 Å². The van der Waals surface area contributed by atoms with E-state index < -0.39 is 35.3 Å². The van der Waals surface area contributed by atoms with Crippen LogP contribution in [0, 0.1) is 11.6 Å². The summed E-state index contributed by atoms with van der Waals surface area (Å²) < 4.78 is 41.3. The van der Waals surface area contributed by atoms with Crippen LogP contribution in [0.25, 0.3) is 16.7 Å². The first-order valence-electron chi connectivity index (χ1n) is 13.3. The van der Waals surface area contributed by atoms with E-state index >= 15 is 4.39 Å². The lowest BCUT2D eigenvalue weighted by atomic mass is 10.1. The van der Waals surface area contributed by atoms with Crippen LogP contribution in [0.3, 0.4) is 0 Å². The molecule has 0 saturated carbocycles. The van der Waals surface area contributed by atoms with Gasteiger partial charge in [0.25, 0.3) is 11.5 Å². The summed E-state index contributed by atoms with van der Waals surface area (Å²) in [5.41, 5.74) is -0.292. The normalized spacial score (nSPS) is 17.1. The second-order valence-corrected chi connectivity index (χ2v) is 9.98. The molecule has 0 spiro atoms. The Morgan fingerprint density at radius 3 is 2.67 bits per heavy atom. The van der Waals surface area contributed by atoms with Crippen LogP contribution in [-0.4, -0.2) is 73.2 Å². The van der Waals surface area contributed by atoms with Crippen molar-refractivity contribution in [3.8, 4) is 23.1 Å². The molecule has 1 aliphatic heterocycles. The Labute approximate surface area is 242 Å². The quantitative estimate of drug-likeness (QED) is 0.260. The fourth-order valence-corrected chi connectivity index (χ4v) is 4.74. The predicted molar refractivity (Wildman–Crippen MR) is 151 cm³/mol. The SMILES string of the molecule is CN1CC[C@H](Oc2n[nH]c3nccc(Oc4ccc(NC(=O)c5ccnn(-c6ccc(F)cc6)c5=O)cc4F)c23)[C@H](O)C1. The Kier molecular flexibility index (Phi) is 7.52. The van der Waals surface area contributed by atoms with Gasteiger partial charge in [-0.15, -0.1) is 5.10 Å². The van der Waals surface area contributed by atoms with Gasteiger partial charge in [-0.2, -0.15) is 9.78 Å². The number of β-amino-alcohol motifs (C(OH)–C–C–N with tert-alkyl or cyclic N) is 1. The van der Waals surface area contributed by atoms with Crippen LogP contribution in [-0.2, 0) is 0 Å². The number of carbonyl (C=O) groups excluding carboxylic acids is 1. The highest BCUT2D eigenvalue weighted by Crippen LogP contribution is 2.36. The first-order chi connectivity index (χ1) is 20.8. The second kappa shape index (κ2) is 11.6. The first kappa shape index (κ1) is 27.9. The maximum Gasteiger partial charge on any atom is 0.284 e. The van der Waals surface area contributed by atoms with E-state index in [0.717, 1.165) is 17.3 Å². The minimum Gasteiger partial charge on any atom is -0.470 e. The summed E-state index contributed by atoms with van der Waals surface area (Å²) in [4.78, 5) is 32.0. The molecule has 0 unspecified atom stereocenters. The molecule has 43 heavy (non-hydrogen) atoms. The molecule has 12 nitrogen and oxygen atoms in total. The maximum atomic E-state index is 15.2. The Morgan fingerprint density at radius 2 is 1.91 bits per heavy atom. The van der Waals surface area contributed by atoms with Gasteiger partial charge in [0, 0.05) is 43.3 Å². The summed E-state index contributed by atoms with van der Waals surface area (Å²) in [7, 11) is 1.91. The van der Waals surface area contributed by atoms with Gasteiger partial charge in [0.2, 0.25) is 5.88 Å². The van der Waals surface area contributed by atoms with Gasteiger partial charge in [0.1, 0.15) is 34.7 Å². The summed E-state index contributed by atoms with van der Waals surface area (Å²) in [5.74, 6) is -1.84. The smallest absolute Gasteiger partial charge is 0.284 e. The lowest BCUT2D eigenvalue weighted by Crippen LogP contribution is -2.47. The molecule has 2 aromatic carbocycles. The number of nitrogens with zero attached hydrogens (tertiary/aromatic N) is 5. The fraction of sp³-hybridized carbons (Fsp3) is 0.207. The molecular weight excluding hydrogens is 564 g/mol. The fourth-order valence-electron chi connectivity index (χ4n) is 4.74. The number of H-pyrrole nitrogens is 1. The van der Waals surface area contributed by atoms with Crippen molar-refractivity contribution in [1.29, 1.82) is 0 Å². The number of aromatic amines is 1. The van der Waals surface area contributed by atoms with Crippen LogP contribution in [0.15, 0.2) is 71.8 Å². The molecule has 5 aromatic rings. The number of aromatic nitrogens is 5. The largest absolute Gasteiger partial charge is 0.470 e. The van der Waals surface area contributed by atoms with E-state index in [4.69, 9.17) is 9.47 Å². The van der Waals surface area contributed by atoms with Gasteiger partial charge < -0.3 is 24.8 Å². The summed E-state index contributed by atoms with van der Waals surface area (Å²) in [6.45, 7) is 1.19. The minimum absolute atomic E-state index is 0.0721. The van der Waals surface area contributed by atoms with Gasteiger partial charge >= 0.3 is 0 Å². The van der Waals surface area contributed by atoms with Crippen molar-refractivity contribution in [1.82, 2.24) is 29.9 Å². The highest BCUT2D eigenvalue weighted by molar-refractivity contribution is 6.04. The van der Waals surface area contributed by atoms with Crippen LogP contribution in [0.2, 0.25) is 0 Å². The molecule has 14 heteroatoms. The number of hydrogen-bond donors (Lipinski definition) is 3. The van der Waals surface area contributed by atoms with Crippen molar-refractivity contribution in [2.75, 3.05) is 25.5 Å². The van der Waals surface area contributed by atoms with E-state index in [1.165, 1.54) is 60.9 Å². The number of pyridine rings is 1. The number of rotatable bonds is 7. The molecule has 0 aliphatic carbocycles. The minimum atomic E-state index is -0.794. The number of likely N-dealkylation sites (tertiary alicyclic amines) is 1. The molecule has 1 saturated heterocycles. The van der Waals surface area contributed by atoms with Gasteiger partial charge in [0.15, 0.2) is 17.2 Å². The topological polar surface area (TPSA) is 147 Å². The van der Waals surface area contributed by atoms with Crippen LogP contribution in [0.5, 0.6) is 17.4 Å². The number of hydrogen-bond acceptors (Lipinski definition) is 9. The van der Waals surface area contributed by atoms with Crippen LogP contribution in [0.1, 0.15) is 16.8 Å². The third kappa shape index (κ3) is 5.78. The maximum absolute atomic E-state index is 15.2. The van der Waals surface area contributed by atoms with E-state index in [9.17, 15) is 19.1 Å². The average molecular weight is 590 g/mol. The van der Waals surface area contributed by atoms with Crippen molar-refractivity contribution >= 4 is 22.6 Å². The summed E-state index contributed by atoms with van der Waals surface area (Å²) >= 11 is 0. The van der Waals surface area contributed by atoms with Crippen molar-refractivity contribution in [3.05, 3.63) is 94.5 Å². The zero-order valence-electron chi connectivity index (χ0n) is 22.7. The Bertz CT molecular complexity index is 1860. The molecule has 6 rings (SSSR count). The molecule has 0 radical (unpaired) electrons. The Balaban J connectivity index is 1.20. The van der Waals surface area contributed by atoms with Crippen LogP contribution in [0.4, 0.5) is 14.5 Å². The van der Waals surface area contributed by atoms with Gasteiger partial charge in [-0.3, -0.25) is 14.7 Å². The number of benzene rings is 2. The lowest BCUT2D eigenvalue weighted by Gasteiger charge is -2.33. The molecule has 1 amide bonds. The van der Waals surface area contributed by atoms with E-state index in [1.54, 1.807) is 0 Å². The van der Waals surface area contributed by atoms with Crippen molar-refractivity contribution in [3.63, 3.8) is 0 Å². The number of ether oxygens (including phenoxy) is 2. The second-order valence-electron chi connectivity index (χ2n) is 9.98. The predicted octanol–water partition coefficient (Wildman–Crippen LogP) is 3.27. The molecule has 1 fully saturated rings. The third-order valence-electron chi connectivity index (χ3n) is 6.95. The lowest BCUT2D eigenvalue weighted by molar-refractivity contribution is -0.0195. The summed E-state index contributed by atoms with van der Waals surface area (Å²) in [6, 6.07) is 11.6. The molecule has 2 atom stereocenters. The number of aliphatic hydroxyl groups excluding tert-OH is 1. The van der Waals surface area contributed by atoms with E-state index in [-0.39, 0.29) is 34.3 Å². The van der Waals surface area contributed by atoms with Crippen LogP contribution >= 0.6 is 0 Å². The highest BCUT2D eigenvalue weighted by Gasteiger charge is 2.29. The number of aliphatic hydroxyl groups is 1. The molecule has 220 valence electrons. The summed E-state index contributed by atoms with van der Waals surface area (Å²) in [5, 5.41) is 24.2. The number of piperidine rings is 1. The molecule has 3 N–H and O–H groups in total. The Morgan fingerprint density at radius 1 is 1.09 bits per heavy atom. The number of nitrogens with one attached hydrogen (secondary N) is 2. The van der Waals surface area contributed by atoms with Gasteiger partial charge in [-0.1, -0.05) is 0 Å². The zero-order valence-corrected chi connectivity index (χ0v) is 22.7. The number of carbonyl (C=O) groups is 1. The van der Waals surface area contributed by atoms with Crippen LogP contribution < -0.4 is 20.3 Å². The number of anilines is 1. The zero-order chi connectivity index (χ0) is 30.1. The standard InChI is InChI=1S/C29H25F2N7O5/c1-37-13-10-23(21(39)15-37)43-28-25-24(9-11-32-26(25)35-36-28)42-22-7-4-17(14-20(22)31)34-27(40)19-8-12-33-38(29(19)41)18-5-2-16(30)3-6-18/h2-9,11-12,14,21,23,39H,10,13,15H2,1H3,(H,34,40)(H,32,35,36)/t21-,23+/m1/s1. The number of likely N-dealkylation sites (N-methyl/N-ethyl adjacent to an activating group) is 1. The molecule has 1 aliphatic rings. The highest BCUT2D eigenvalue weighted by atomic mass is 19.1.